The summed E-state index contributed by atoms with van der Waals surface area (Å²) >= 11 is 0. The van der Waals surface area contributed by atoms with Crippen molar-refractivity contribution >= 4 is 28.9 Å². The normalized spacial score (nSPS) is 19.5. The second-order valence-electron chi connectivity index (χ2n) is 8.81. The van der Waals surface area contributed by atoms with Crippen LogP contribution in [0.4, 0.5) is 15.8 Å². The minimum atomic E-state index is -1.20. The quantitative estimate of drug-likeness (QED) is 0.488. The first-order chi connectivity index (χ1) is 14.6. The van der Waals surface area contributed by atoms with Gasteiger partial charge in [-0.05, 0) is 36.1 Å². The minimum Gasteiger partial charge on any atom is -0.481 e. The van der Waals surface area contributed by atoms with E-state index in [0.29, 0.717) is 41.1 Å². The van der Waals surface area contributed by atoms with Crippen LogP contribution in [0.2, 0.25) is 0 Å². The molecule has 160 valence electrons. The third kappa shape index (κ3) is 4.08. The molecule has 31 heavy (non-hydrogen) atoms. The van der Waals surface area contributed by atoms with Gasteiger partial charge in [0.05, 0.1) is 17.4 Å². The van der Waals surface area contributed by atoms with Gasteiger partial charge < -0.3 is 15.7 Å². The number of rotatable bonds is 4. The van der Waals surface area contributed by atoms with Crippen LogP contribution in [-0.4, -0.2) is 22.6 Å². The van der Waals surface area contributed by atoms with Crippen molar-refractivity contribution in [2.24, 2.45) is 5.41 Å². The standard InChI is InChI=1S/C24H23FN2O4/c1-24(2)11-18-22(20(29)12-24)23(14-5-3-4-6-15(14)25)27-16-8-7-13(9-17(16)26-18)19(28)10-21(30)31/h3-9,23,26-27H,10-12H2,1-2H3,(H,30,31). The molecule has 3 N–H and O–H groups in total. The summed E-state index contributed by atoms with van der Waals surface area (Å²) in [6.07, 6.45) is 0.315. The number of carboxylic acids is 1. The van der Waals surface area contributed by atoms with Gasteiger partial charge in [0.15, 0.2) is 11.6 Å². The van der Waals surface area contributed by atoms with Crippen molar-refractivity contribution in [3.05, 3.63) is 70.7 Å². The monoisotopic (exact) mass is 422 g/mol. The summed E-state index contributed by atoms with van der Waals surface area (Å²) in [5.74, 6) is -2.19. The molecule has 2 aromatic carbocycles. The van der Waals surface area contributed by atoms with E-state index < -0.39 is 30.0 Å². The number of Topliss-reactive ketones (excluding diaryl/α,β-unsaturated/α-hetero) is 2. The van der Waals surface area contributed by atoms with Crippen LogP contribution < -0.4 is 10.6 Å². The molecular weight excluding hydrogens is 399 g/mol. The topological polar surface area (TPSA) is 95.5 Å². The van der Waals surface area contributed by atoms with Crippen LogP contribution in [0.15, 0.2) is 53.7 Å². The molecule has 1 aliphatic heterocycles. The second-order valence-corrected chi connectivity index (χ2v) is 8.81. The Balaban J connectivity index is 1.84. The number of benzene rings is 2. The zero-order chi connectivity index (χ0) is 22.3. The van der Waals surface area contributed by atoms with Crippen molar-refractivity contribution in [1.82, 2.24) is 0 Å². The smallest absolute Gasteiger partial charge is 0.311 e. The van der Waals surface area contributed by atoms with Crippen LogP contribution in [0.5, 0.6) is 0 Å². The average molecular weight is 422 g/mol. The molecule has 0 fully saturated rings. The van der Waals surface area contributed by atoms with E-state index in [4.69, 9.17) is 5.11 Å². The molecule has 1 aliphatic carbocycles. The number of halogens is 1. The van der Waals surface area contributed by atoms with E-state index >= 15 is 0 Å². The van der Waals surface area contributed by atoms with Gasteiger partial charge in [-0.25, -0.2) is 4.39 Å². The van der Waals surface area contributed by atoms with Gasteiger partial charge in [-0.15, -0.1) is 0 Å². The van der Waals surface area contributed by atoms with Gasteiger partial charge in [0.25, 0.3) is 0 Å². The van der Waals surface area contributed by atoms with E-state index in [0.717, 1.165) is 0 Å². The van der Waals surface area contributed by atoms with Crippen molar-refractivity contribution in [1.29, 1.82) is 0 Å². The molecule has 0 bridgehead atoms. The van der Waals surface area contributed by atoms with E-state index in [2.05, 4.69) is 10.6 Å². The predicted octanol–water partition coefficient (Wildman–Crippen LogP) is 4.71. The first kappa shape index (κ1) is 20.8. The number of ketones is 2. The zero-order valence-electron chi connectivity index (χ0n) is 17.3. The summed E-state index contributed by atoms with van der Waals surface area (Å²) in [6, 6.07) is 10.4. The molecule has 1 heterocycles. The van der Waals surface area contributed by atoms with Crippen LogP contribution in [0, 0.1) is 11.2 Å². The molecule has 0 saturated carbocycles. The third-order valence-corrected chi connectivity index (χ3v) is 5.66. The summed E-state index contributed by atoms with van der Waals surface area (Å²) < 4.78 is 14.7. The molecule has 0 aromatic heterocycles. The fourth-order valence-corrected chi connectivity index (χ4v) is 4.30. The van der Waals surface area contributed by atoms with Crippen LogP contribution in [0.3, 0.4) is 0 Å². The van der Waals surface area contributed by atoms with Crippen LogP contribution >= 0.6 is 0 Å². The van der Waals surface area contributed by atoms with E-state index in [1.165, 1.54) is 12.1 Å². The summed E-state index contributed by atoms with van der Waals surface area (Å²) in [7, 11) is 0. The van der Waals surface area contributed by atoms with Gasteiger partial charge in [0, 0.05) is 28.8 Å². The number of hydrogen-bond acceptors (Lipinski definition) is 5. The molecule has 0 amide bonds. The Morgan fingerprint density at radius 3 is 2.58 bits per heavy atom. The van der Waals surface area contributed by atoms with Crippen molar-refractivity contribution in [2.75, 3.05) is 10.6 Å². The summed E-state index contributed by atoms with van der Waals surface area (Å²) in [6.45, 7) is 4.00. The predicted molar refractivity (Wildman–Crippen MR) is 114 cm³/mol. The van der Waals surface area contributed by atoms with Crippen LogP contribution in [-0.2, 0) is 9.59 Å². The van der Waals surface area contributed by atoms with Crippen molar-refractivity contribution in [2.45, 2.75) is 39.2 Å². The summed E-state index contributed by atoms with van der Waals surface area (Å²) in [5, 5.41) is 15.5. The number of nitrogens with one attached hydrogen (secondary N) is 2. The highest BCUT2D eigenvalue weighted by Crippen LogP contribution is 2.46. The van der Waals surface area contributed by atoms with E-state index in [9.17, 15) is 18.8 Å². The number of fused-ring (bicyclic) bond motifs is 1. The molecule has 0 radical (unpaired) electrons. The number of carboxylic acid groups (broad SMARTS) is 1. The average Bonchev–Trinajstić information content (AvgIpc) is 2.82. The molecule has 2 aromatic rings. The first-order valence-corrected chi connectivity index (χ1v) is 10.1. The Morgan fingerprint density at radius 1 is 1.13 bits per heavy atom. The van der Waals surface area contributed by atoms with Gasteiger partial charge in [0.2, 0.25) is 0 Å². The number of anilines is 2. The number of carbonyl (C=O) groups is 3. The van der Waals surface area contributed by atoms with E-state index in [1.807, 2.05) is 13.8 Å². The first-order valence-electron chi connectivity index (χ1n) is 10.1. The van der Waals surface area contributed by atoms with Gasteiger partial charge in [-0.1, -0.05) is 32.0 Å². The number of allylic oxidation sites excluding steroid dienone is 1. The van der Waals surface area contributed by atoms with Gasteiger partial charge in [-0.2, -0.15) is 0 Å². The van der Waals surface area contributed by atoms with Gasteiger partial charge in [0.1, 0.15) is 12.2 Å². The van der Waals surface area contributed by atoms with Crippen molar-refractivity contribution in [3.63, 3.8) is 0 Å². The zero-order valence-corrected chi connectivity index (χ0v) is 17.3. The second kappa shape index (κ2) is 7.65. The Morgan fingerprint density at radius 2 is 1.87 bits per heavy atom. The summed E-state index contributed by atoms with van der Waals surface area (Å²) in [4.78, 5) is 36.3. The lowest BCUT2D eigenvalue weighted by atomic mass is 9.73. The molecule has 6 nitrogen and oxygen atoms in total. The molecule has 1 atom stereocenters. The SMILES string of the molecule is CC1(C)CC(=O)C2=C(C1)Nc1cc(C(=O)CC(=O)O)ccc1NC2c1ccccc1F. The molecule has 2 aliphatic rings. The molecular formula is C24H23FN2O4. The lowest BCUT2D eigenvalue weighted by molar-refractivity contribution is -0.136. The van der Waals surface area contributed by atoms with Gasteiger partial charge >= 0.3 is 5.97 Å². The molecule has 0 saturated heterocycles. The summed E-state index contributed by atoms with van der Waals surface area (Å²) in [5.41, 5.74) is 2.66. The maximum Gasteiger partial charge on any atom is 0.311 e. The van der Waals surface area contributed by atoms with Crippen LogP contribution in [0.25, 0.3) is 0 Å². The maximum atomic E-state index is 14.7. The number of carbonyl (C=O) groups excluding carboxylic acids is 2. The maximum absolute atomic E-state index is 14.7. The Bertz CT molecular complexity index is 1140. The fraction of sp³-hybridized carbons (Fsp3) is 0.292. The molecule has 4 rings (SSSR count). The highest BCUT2D eigenvalue weighted by Gasteiger charge is 2.39. The van der Waals surface area contributed by atoms with Crippen LogP contribution in [0.1, 0.15) is 55.1 Å². The molecule has 7 heteroatoms. The number of aliphatic carboxylic acids is 1. The number of hydrogen-bond donors (Lipinski definition) is 3. The van der Waals surface area contributed by atoms with E-state index in [1.54, 1.807) is 30.3 Å². The minimum absolute atomic E-state index is 0.0607. The highest BCUT2D eigenvalue weighted by molar-refractivity contribution is 6.07. The van der Waals surface area contributed by atoms with Crippen molar-refractivity contribution in [3.8, 4) is 0 Å². The third-order valence-electron chi connectivity index (χ3n) is 5.66. The largest absolute Gasteiger partial charge is 0.481 e. The molecule has 1 unspecified atom stereocenters. The Kier molecular flexibility index (Phi) is 5.13. The van der Waals surface area contributed by atoms with E-state index in [-0.39, 0.29) is 16.8 Å². The van der Waals surface area contributed by atoms with Gasteiger partial charge in [-0.3, -0.25) is 14.4 Å². The Hall–Kier alpha value is -3.48. The lowest BCUT2D eigenvalue weighted by Crippen LogP contribution is -2.31. The fourth-order valence-electron chi connectivity index (χ4n) is 4.30. The lowest BCUT2D eigenvalue weighted by Gasteiger charge is -2.34. The Labute approximate surface area is 179 Å². The highest BCUT2D eigenvalue weighted by atomic mass is 19.1. The van der Waals surface area contributed by atoms with Crippen molar-refractivity contribution < 1.29 is 23.9 Å². The molecule has 0 spiro atoms.